The van der Waals surface area contributed by atoms with Crippen LogP contribution in [0.5, 0.6) is 0 Å². The van der Waals surface area contributed by atoms with Gasteiger partial charge >= 0.3 is 0 Å². The van der Waals surface area contributed by atoms with Crippen LogP contribution in [0.25, 0.3) is 11.6 Å². The number of nitrogens with zero attached hydrogens (tertiary/aromatic N) is 1. The number of halogens is 1. The molecule has 2 aromatic rings. The lowest BCUT2D eigenvalue weighted by molar-refractivity contribution is -0.385. The molecule has 2 N–H and O–H groups in total. The van der Waals surface area contributed by atoms with Crippen LogP contribution in [0.2, 0.25) is 0 Å². The van der Waals surface area contributed by atoms with Gasteiger partial charge in [-0.15, -0.1) is 0 Å². The van der Waals surface area contributed by atoms with Crippen LogP contribution in [0, 0.1) is 29.8 Å². The summed E-state index contributed by atoms with van der Waals surface area (Å²) in [6, 6.07) is 4.01. The number of benzene rings is 1. The Labute approximate surface area is 132 Å². The van der Waals surface area contributed by atoms with Crippen molar-refractivity contribution in [3.8, 4) is 0 Å². The SMILES string of the molecule is C/C(=C\c1[nH]c(C)c([N+](=O)[O-])c1C)c1cc(F)ccc1NC=O. The Hall–Kier alpha value is -2.96. The molecule has 0 aliphatic carbocycles. The minimum atomic E-state index is -0.436. The van der Waals surface area contributed by atoms with Crippen LogP contribution in [0.15, 0.2) is 18.2 Å². The highest BCUT2D eigenvalue weighted by Gasteiger charge is 2.20. The number of rotatable bonds is 5. The van der Waals surface area contributed by atoms with E-state index in [1.807, 2.05) is 0 Å². The minimum absolute atomic E-state index is 0.0366. The Morgan fingerprint density at radius 3 is 2.65 bits per heavy atom. The van der Waals surface area contributed by atoms with Crippen LogP contribution >= 0.6 is 0 Å². The van der Waals surface area contributed by atoms with Gasteiger partial charge < -0.3 is 10.3 Å². The Morgan fingerprint density at radius 2 is 2.09 bits per heavy atom. The number of amides is 1. The summed E-state index contributed by atoms with van der Waals surface area (Å²) >= 11 is 0. The number of anilines is 1. The van der Waals surface area contributed by atoms with Crippen molar-refractivity contribution < 1.29 is 14.1 Å². The Balaban J connectivity index is 2.53. The fraction of sp³-hybridized carbons (Fsp3) is 0.188. The van der Waals surface area contributed by atoms with Gasteiger partial charge in [-0.25, -0.2) is 4.39 Å². The maximum Gasteiger partial charge on any atom is 0.293 e. The van der Waals surface area contributed by atoms with Crippen LogP contribution in [-0.4, -0.2) is 16.3 Å². The van der Waals surface area contributed by atoms with Crippen LogP contribution in [0.3, 0.4) is 0 Å². The summed E-state index contributed by atoms with van der Waals surface area (Å²) < 4.78 is 13.5. The van der Waals surface area contributed by atoms with E-state index in [1.165, 1.54) is 18.2 Å². The molecule has 0 spiro atoms. The number of hydrogen-bond acceptors (Lipinski definition) is 3. The quantitative estimate of drug-likeness (QED) is 0.499. The Bertz CT molecular complexity index is 809. The first-order valence-corrected chi connectivity index (χ1v) is 6.87. The van der Waals surface area contributed by atoms with Crippen LogP contribution in [-0.2, 0) is 4.79 Å². The molecule has 2 rings (SSSR count). The molecule has 6 nitrogen and oxygen atoms in total. The second-order valence-electron chi connectivity index (χ2n) is 5.17. The van der Waals surface area contributed by atoms with E-state index in [4.69, 9.17) is 0 Å². The van der Waals surface area contributed by atoms with Crippen molar-refractivity contribution >= 4 is 29.4 Å². The molecular formula is C16H16FN3O3. The van der Waals surface area contributed by atoms with Crippen molar-refractivity contribution in [1.29, 1.82) is 0 Å². The van der Waals surface area contributed by atoms with E-state index in [2.05, 4.69) is 10.3 Å². The highest BCUT2D eigenvalue weighted by atomic mass is 19.1. The summed E-state index contributed by atoms with van der Waals surface area (Å²) in [6.07, 6.45) is 2.21. The lowest BCUT2D eigenvalue weighted by Gasteiger charge is -2.09. The molecule has 0 aliphatic rings. The average molecular weight is 317 g/mol. The van der Waals surface area contributed by atoms with Crippen molar-refractivity contribution in [2.45, 2.75) is 20.8 Å². The van der Waals surface area contributed by atoms with Crippen LogP contribution < -0.4 is 5.32 Å². The minimum Gasteiger partial charge on any atom is -0.353 e. The standard InChI is InChI=1S/C16H16FN3O3/c1-9(13-7-12(17)4-5-14(13)18-8-21)6-15-10(2)16(20(22)23)11(3)19-15/h4-8,19H,1-3H3,(H,18,21)/b9-6+. The zero-order chi connectivity index (χ0) is 17.1. The van der Waals surface area contributed by atoms with E-state index in [1.54, 1.807) is 26.8 Å². The average Bonchev–Trinajstić information content (AvgIpc) is 2.75. The van der Waals surface area contributed by atoms with E-state index in [0.29, 0.717) is 40.2 Å². The maximum atomic E-state index is 13.5. The van der Waals surface area contributed by atoms with Crippen molar-refractivity contribution in [3.05, 3.63) is 56.6 Å². The fourth-order valence-electron chi connectivity index (χ4n) is 2.51. The molecule has 0 aliphatic heterocycles. The fourth-order valence-corrected chi connectivity index (χ4v) is 2.51. The van der Waals surface area contributed by atoms with Crippen LogP contribution in [0.1, 0.15) is 29.4 Å². The van der Waals surface area contributed by atoms with E-state index < -0.39 is 10.7 Å². The molecule has 0 radical (unpaired) electrons. The number of nitrogens with one attached hydrogen (secondary N) is 2. The highest BCUT2D eigenvalue weighted by Crippen LogP contribution is 2.30. The molecular weight excluding hydrogens is 301 g/mol. The number of H-pyrrole nitrogens is 1. The molecule has 23 heavy (non-hydrogen) atoms. The maximum absolute atomic E-state index is 13.5. The van der Waals surface area contributed by atoms with E-state index in [9.17, 15) is 19.3 Å². The molecule has 0 saturated heterocycles. The monoisotopic (exact) mass is 317 g/mol. The Kier molecular flexibility index (Phi) is 4.59. The molecule has 0 atom stereocenters. The molecule has 1 heterocycles. The first-order valence-electron chi connectivity index (χ1n) is 6.87. The molecule has 0 bridgehead atoms. The predicted molar refractivity (Wildman–Crippen MR) is 86.6 cm³/mol. The third-order valence-corrected chi connectivity index (χ3v) is 3.60. The summed E-state index contributed by atoms with van der Waals surface area (Å²) in [6.45, 7) is 5.02. The van der Waals surface area contributed by atoms with Crippen molar-refractivity contribution in [2.75, 3.05) is 5.32 Å². The largest absolute Gasteiger partial charge is 0.353 e. The topological polar surface area (TPSA) is 88.0 Å². The van der Waals surface area contributed by atoms with E-state index in [-0.39, 0.29) is 5.69 Å². The lowest BCUT2D eigenvalue weighted by atomic mass is 10.0. The second-order valence-corrected chi connectivity index (χ2v) is 5.17. The normalized spacial score (nSPS) is 11.4. The first-order chi connectivity index (χ1) is 10.8. The molecule has 1 aromatic heterocycles. The first kappa shape index (κ1) is 16.4. The van der Waals surface area contributed by atoms with Crippen molar-refractivity contribution in [3.63, 3.8) is 0 Å². The van der Waals surface area contributed by atoms with Gasteiger partial charge in [0.2, 0.25) is 6.41 Å². The van der Waals surface area contributed by atoms with Gasteiger partial charge in [0, 0.05) is 16.9 Å². The predicted octanol–water partition coefficient (Wildman–Crippen LogP) is 3.81. The van der Waals surface area contributed by atoms with Crippen molar-refractivity contribution in [1.82, 2.24) is 4.98 Å². The number of nitro groups is 1. The highest BCUT2D eigenvalue weighted by molar-refractivity contribution is 5.89. The number of aromatic nitrogens is 1. The lowest BCUT2D eigenvalue weighted by Crippen LogP contribution is -1.98. The van der Waals surface area contributed by atoms with Crippen molar-refractivity contribution in [2.24, 2.45) is 0 Å². The number of carbonyl (C=O) groups excluding carboxylic acids is 1. The molecule has 0 fully saturated rings. The van der Waals surface area contributed by atoms with Gasteiger partial charge in [0.05, 0.1) is 16.2 Å². The Morgan fingerprint density at radius 1 is 1.39 bits per heavy atom. The second kappa shape index (κ2) is 6.43. The zero-order valence-electron chi connectivity index (χ0n) is 12.9. The van der Waals surface area contributed by atoms with E-state index in [0.717, 1.165) is 0 Å². The van der Waals surface area contributed by atoms with Crippen LogP contribution in [0.4, 0.5) is 15.8 Å². The van der Waals surface area contributed by atoms with E-state index >= 15 is 0 Å². The third kappa shape index (κ3) is 3.28. The third-order valence-electron chi connectivity index (χ3n) is 3.60. The number of hydrogen-bond donors (Lipinski definition) is 2. The van der Waals surface area contributed by atoms with Gasteiger partial charge in [0.25, 0.3) is 5.69 Å². The molecule has 0 unspecified atom stereocenters. The molecule has 1 aromatic carbocycles. The number of aryl methyl sites for hydroxylation is 1. The molecule has 1 amide bonds. The number of aromatic amines is 1. The summed E-state index contributed by atoms with van der Waals surface area (Å²) in [5, 5.41) is 13.6. The van der Waals surface area contributed by atoms with Gasteiger partial charge in [-0.3, -0.25) is 14.9 Å². The molecule has 120 valence electrons. The molecule has 0 saturated carbocycles. The van der Waals surface area contributed by atoms with Gasteiger partial charge in [-0.2, -0.15) is 0 Å². The smallest absolute Gasteiger partial charge is 0.293 e. The van der Waals surface area contributed by atoms with Gasteiger partial charge in [-0.05, 0) is 50.6 Å². The summed E-state index contributed by atoms with van der Waals surface area (Å²) in [5.74, 6) is -0.436. The number of carbonyl (C=O) groups is 1. The van der Waals surface area contributed by atoms with Gasteiger partial charge in [-0.1, -0.05) is 0 Å². The number of allylic oxidation sites excluding steroid dienone is 1. The molecule has 7 heteroatoms. The summed E-state index contributed by atoms with van der Waals surface area (Å²) in [5.41, 5.74) is 3.21. The summed E-state index contributed by atoms with van der Waals surface area (Å²) in [4.78, 5) is 24.3. The zero-order valence-corrected chi connectivity index (χ0v) is 12.9. The summed E-state index contributed by atoms with van der Waals surface area (Å²) in [7, 11) is 0. The van der Waals surface area contributed by atoms with Gasteiger partial charge in [0.1, 0.15) is 5.82 Å². The van der Waals surface area contributed by atoms with Gasteiger partial charge in [0.15, 0.2) is 0 Å².